The van der Waals surface area contributed by atoms with Gasteiger partial charge in [0.1, 0.15) is 17.2 Å². The lowest BCUT2D eigenvalue weighted by Crippen LogP contribution is -2.49. The van der Waals surface area contributed by atoms with Gasteiger partial charge in [0.25, 0.3) is 5.91 Å². The number of aromatic nitrogens is 1. The summed E-state index contributed by atoms with van der Waals surface area (Å²) in [6.45, 7) is 10.2. The first-order chi connectivity index (χ1) is 20.4. The Bertz CT molecular complexity index is 1470. The highest BCUT2D eigenvalue weighted by Crippen LogP contribution is 2.34. The second-order valence-corrected chi connectivity index (χ2v) is 12.1. The van der Waals surface area contributed by atoms with E-state index in [2.05, 4.69) is 15.2 Å². The standard InChI is InChI=1S/C29H38FN5O7S/c1-6-19-17-22-24(26(36)31-5)25(20-7-9-21(30)10-8-20)40-27(22)32-23(19)18-35(43(38)39)16-13-33-11-14-34(15-12-33)42-28(37)41-29(2,3)4/h7-10,17H,6,11-16,18H2,1-5H3,(H,31,36)(H,38,39). The molecule has 1 saturated heterocycles. The Morgan fingerprint density at radius 1 is 1.19 bits per heavy atom. The van der Waals surface area contributed by atoms with Gasteiger partial charge in [-0.15, -0.1) is 5.06 Å². The molecule has 1 amide bonds. The summed E-state index contributed by atoms with van der Waals surface area (Å²) in [6.07, 6.45) is -0.184. The third kappa shape index (κ3) is 8.36. The number of benzene rings is 1. The lowest BCUT2D eigenvalue weighted by Gasteiger charge is -2.34. The lowest BCUT2D eigenvalue weighted by molar-refractivity contribution is -0.158. The molecule has 0 bridgehead atoms. The van der Waals surface area contributed by atoms with Gasteiger partial charge >= 0.3 is 6.16 Å². The van der Waals surface area contributed by atoms with Crippen molar-refractivity contribution >= 4 is 34.4 Å². The van der Waals surface area contributed by atoms with E-state index in [1.165, 1.54) is 35.6 Å². The second kappa shape index (κ2) is 13.9. The molecule has 1 aromatic carbocycles. The number of furan rings is 1. The van der Waals surface area contributed by atoms with Crippen LogP contribution in [-0.2, 0) is 33.8 Å². The third-order valence-electron chi connectivity index (χ3n) is 6.93. The zero-order valence-corrected chi connectivity index (χ0v) is 25.8. The molecule has 12 nitrogen and oxygen atoms in total. The van der Waals surface area contributed by atoms with Gasteiger partial charge in [0.05, 0.1) is 23.2 Å². The highest BCUT2D eigenvalue weighted by atomic mass is 32.2. The fourth-order valence-corrected chi connectivity index (χ4v) is 5.22. The van der Waals surface area contributed by atoms with E-state index in [4.69, 9.17) is 14.0 Å². The van der Waals surface area contributed by atoms with Gasteiger partial charge in [0.15, 0.2) is 0 Å². The van der Waals surface area contributed by atoms with Crippen LogP contribution in [0.15, 0.2) is 34.7 Å². The van der Waals surface area contributed by atoms with Crippen LogP contribution < -0.4 is 5.32 Å². The zero-order chi connectivity index (χ0) is 31.3. The summed E-state index contributed by atoms with van der Waals surface area (Å²) in [7, 11) is 1.51. The molecule has 2 N–H and O–H groups in total. The normalized spacial score (nSPS) is 15.5. The SMILES string of the molecule is CCc1cc2c(C(=O)NC)c(-c3ccc(F)cc3)oc2nc1CN(CCN1CCN(OC(=O)OC(C)(C)C)CC1)S(=O)O. The van der Waals surface area contributed by atoms with Crippen LogP contribution in [0.25, 0.3) is 22.4 Å². The summed E-state index contributed by atoms with van der Waals surface area (Å²) in [6, 6.07) is 7.45. The summed E-state index contributed by atoms with van der Waals surface area (Å²) in [4.78, 5) is 36.9. The van der Waals surface area contributed by atoms with Gasteiger partial charge in [-0.05, 0) is 63.1 Å². The number of carbonyl (C=O) groups is 2. The molecule has 1 aliphatic rings. The molecular weight excluding hydrogens is 581 g/mol. The topological polar surface area (TPSA) is 138 Å². The number of halogens is 1. The summed E-state index contributed by atoms with van der Waals surface area (Å²) >= 11 is -2.28. The van der Waals surface area contributed by atoms with Crippen molar-refractivity contribution in [1.29, 1.82) is 0 Å². The van der Waals surface area contributed by atoms with Gasteiger partial charge in [0.2, 0.25) is 17.0 Å². The number of amides is 1. The lowest BCUT2D eigenvalue weighted by atomic mass is 10.0. The molecule has 0 spiro atoms. The van der Waals surface area contributed by atoms with Gasteiger partial charge in [0, 0.05) is 51.9 Å². The molecule has 234 valence electrons. The monoisotopic (exact) mass is 619 g/mol. The van der Waals surface area contributed by atoms with Crippen molar-refractivity contribution in [2.45, 2.75) is 46.3 Å². The molecule has 3 aromatic rings. The number of fused-ring (bicyclic) bond motifs is 1. The molecule has 1 unspecified atom stereocenters. The van der Waals surface area contributed by atoms with Gasteiger partial charge in [-0.2, -0.15) is 4.31 Å². The number of hydrogen-bond donors (Lipinski definition) is 2. The second-order valence-electron chi connectivity index (χ2n) is 11.1. The highest BCUT2D eigenvalue weighted by molar-refractivity contribution is 7.76. The van der Waals surface area contributed by atoms with Crippen molar-refractivity contribution in [3.63, 3.8) is 0 Å². The number of hydroxylamine groups is 2. The van der Waals surface area contributed by atoms with E-state index in [-0.39, 0.29) is 36.0 Å². The van der Waals surface area contributed by atoms with E-state index in [1.807, 2.05) is 13.0 Å². The largest absolute Gasteiger partial charge is 0.528 e. The predicted molar refractivity (Wildman–Crippen MR) is 159 cm³/mol. The quantitative estimate of drug-likeness (QED) is 0.253. The Morgan fingerprint density at radius 2 is 1.86 bits per heavy atom. The van der Waals surface area contributed by atoms with E-state index >= 15 is 0 Å². The van der Waals surface area contributed by atoms with Crippen molar-refractivity contribution in [1.82, 2.24) is 24.6 Å². The number of pyridine rings is 1. The average Bonchev–Trinajstić information content (AvgIpc) is 3.32. The third-order valence-corrected chi connectivity index (χ3v) is 7.68. The van der Waals surface area contributed by atoms with Gasteiger partial charge < -0.3 is 19.3 Å². The number of rotatable bonds is 10. The number of nitrogens with zero attached hydrogens (tertiary/aromatic N) is 4. The van der Waals surface area contributed by atoms with Crippen LogP contribution in [0.3, 0.4) is 0 Å². The number of piperazine rings is 1. The Kier molecular flexibility index (Phi) is 10.5. The molecule has 0 aliphatic carbocycles. The van der Waals surface area contributed by atoms with Crippen LogP contribution in [0.1, 0.15) is 49.3 Å². The van der Waals surface area contributed by atoms with Crippen LogP contribution in [0.2, 0.25) is 0 Å². The molecule has 14 heteroatoms. The van der Waals surface area contributed by atoms with E-state index in [0.717, 1.165) is 5.56 Å². The zero-order valence-electron chi connectivity index (χ0n) is 25.0. The van der Waals surface area contributed by atoms with Crippen molar-refractivity contribution < 1.29 is 36.7 Å². The maximum atomic E-state index is 13.6. The fraction of sp³-hybridized carbons (Fsp3) is 0.483. The molecule has 1 aliphatic heterocycles. The number of carbonyl (C=O) groups excluding carboxylic acids is 2. The van der Waals surface area contributed by atoms with Gasteiger partial charge in [-0.3, -0.25) is 14.2 Å². The minimum atomic E-state index is -2.28. The molecule has 3 heterocycles. The Hall–Kier alpha value is -3.43. The number of hydrogen-bond acceptors (Lipinski definition) is 9. The van der Waals surface area contributed by atoms with Crippen molar-refractivity contribution in [3.05, 3.63) is 53.0 Å². The minimum absolute atomic E-state index is 0.0752. The summed E-state index contributed by atoms with van der Waals surface area (Å²) < 4.78 is 48.6. The van der Waals surface area contributed by atoms with Crippen LogP contribution in [0.4, 0.5) is 9.18 Å². The Morgan fingerprint density at radius 3 is 2.44 bits per heavy atom. The predicted octanol–water partition coefficient (Wildman–Crippen LogP) is 3.98. The summed E-state index contributed by atoms with van der Waals surface area (Å²) in [5.41, 5.74) is 1.72. The van der Waals surface area contributed by atoms with Crippen LogP contribution >= 0.6 is 0 Å². The molecule has 1 atom stereocenters. The maximum absolute atomic E-state index is 13.6. The number of aryl methyl sites for hydroxylation is 1. The van der Waals surface area contributed by atoms with Crippen LogP contribution in [0, 0.1) is 5.82 Å². The minimum Gasteiger partial charge on any atom is -0.437 e. The molecular formula is C29H38FN5O7S. The van der Waals surface area contributed by atoms with Crippen LogP contribution in [0.5, 0.6) is 0 Å². The van der Waals surface area contributed by atoms with E-state index in [9.17, 15) is 22.7 Å². The maximum Gasteiger partial charge on any atom is 0.528 e. The molecule has 0 saturated carbocycles. The molecule has 4 rings (SSSR count). The van der Waals surface area contributed by atoms with E-state index < -0.39 is 28.8 Å². The van der Waals surface area contributed by atoms with Gasteiger partial charge in [-0.25, -0.2) is 18.4 Å². The first kappa shape index (κ1) is 32.5. The van der Waals surface area contributed by atoms with Crippen molar-refractivity contribution in [2.75, 3.05) is 46.3 Å². The first-order valence-corrected chi connectivity index (χ1v) is 15.1. The highest BCUT2D eigenvalue weighted by Gasteiger charge is 2.27. The molecule has 0 radical (unpaired) electrons. The fourth-order valence-electron chi connectivity index (χ4n) is 4.75. The molecule has 1 fully saturated rings. The van der Waals surface area contributed by atoms with Gasteiger partial charge in [-0.1, -0.05) is 6.92 Å². The average molecular weight is 620 g/mol. The first-order valence-electron chi connectivity index (χ1n) is 14.1. The Labute approximate surface area is 252 Å². The summed E-state index contributed by atoms with van der Waals surface area (Å²) in [5, 5.41) is 4.68. The smallest absolute Gasteiger partial charge is 0.437 e. The van der Waals surface area contributed by atoms with E-state index in [0.29, 0.717) is 55.8 Å². The number of nitrogens with one attached hydrogen (secondary N) is 1. The molecule has 43 heavy (non-hydrogen) atoms. The number of ether oxygens (including phenoxy) is 1. The molecule has 2 aromatic heterocycles. The van der Waals surface area contributed by atoms with Crippen molar-refractivity contribution in [2.24, 2.45) is 0 Å². The van der Waals surface area contributed by atoms with Crippen LogP contribution in [-0.4, -0.2) is 92.0 Å². The summed E-state index contributed by atoms with van der Waals surface area (Å²) in [5.74, 6) is -0.522. The Balaban J connectivity index is 1.47. The van der Waals surface area contributed by atoms with E-state index in [1.54, 1.807) is 25.8 Å². The van der Waals surface area contributed by atoms with Crippen molar-refractivity contribution in [3.8, 4) is 11.3 Å².